The van der Waals surface area contributed by atoms with Crippen LogP contribution in [0.3, 0.4) is 0 Å². The van der Waals surface area contributed by atoms with E-state index in [0.29, 0.717) is 13.6 Å². The first-order chi connectivity index (χ1) is 6.29. The Kier molecular flexibility index (Phi) is 4.40. The van der Waals surface area contributed by atoms with Gasteiger partial charge in [0.05, 0.1) is 0 Å². The van der Waals surface area contributed by atoms with Crippen molar-refractivity contribution in [3.05, 3.63) is 30.3 Å². The van der Waals surface area contributed by atoms with Gasteiger partial charge in [0, 0.05) is 6.61 Å². The van der Waals surface area contributed by atoms with Crippen LogP contribution in [-0.4, -0.2) is 14.3 Å². The molecular weight excluding hydrogens is 163 g/mol. The molecule has 0 saturated carbocycles. The summed E-state index contributed by atoms with van der Waals surface area (Å²) in [5, 5.41) is 0. The minimum atomic E-state index is 0.336. The van der Waals surface area contributed by atoms with E-state index < -0.39 is 0 Å². The average Bonchev–Trinajstić information content (AvgIpc) is 2.14. The van der Waals surface area contributed by atoms with Crippen LogP contribution in [0.15, 0.2) is 30.3 Å². The summed E-state index contributed by atoms with van der Waals surface area (Å²) in [6.45, 7) is 4.97. The number of hydrogen-bond acceptors (Lipinski definition) is 2. The molecule has 0 N–H and O–H groups in total. The van der Waals surface area contributed by atoms with Crippen molar-refractivity contribution in [3.8, 4) is 5.75 Å². The topological polar surface area (TPSA) is 18.5 Å². The Balaban J connectivity index is 2.13. The van der Waals surface area contributed by atoms with Gasteiger partial charge in [-0.15, -0.1) is 0 Å². The van der Waals surface area contributed by atoms with E-state index in [4.69, 9.17) is 9.31 Å². The van der Waals surface area contributed by atoms with Crippen LogP contribution in [-0.2, 0) is 4.65 Å². The predicted molar refractivity (Wildman–Crippen MR) is 55.0 cm³/mol. The van der Waals surface area contributed by atoms with Gasteiger partial charge < -0.3 is 9.31 Å². The molecule has 0 fully saturated rings. The zero-order valence-corrected chi connectivity index (χ0v) is 8.19. The lowest BCUT2D eigenvalue weighted by atomic mass is 10.2. The van der Waals surface area contributed by atoms with Gasteiger partial charge in [0.25, 0.3) is 0 Å². The maximum atomic E-state index is 5.33. The third-order valence-corrected chi connectivity index (χ3v) is 1.50. The van der Waals surface area contributed by atoms with Gasteiger partial charge in [-0.2, -0.15) is 0 Å². The van der Waals surface area contributed by atoms with Crippen LogP contribution < -0.4 is 4.65 Å². The van der Waals surface area contributed by atoms with Crippen molar-refractivity contribution in [3.63, 3.8) is 0 Å². The molecule has 0 radical (unpaired) electrons. The summed E-state index contributed by atoms with van der Waals surface area (Å²) in [6, 6.07) is 9.68. The molecule has 0 amide bonds. The van der Waals surface area contributed by atoms with Gasteiger partial charge in [-0.3, -0.25) is 0 Å². The molecule has 1 rings (SSSR count). The molecule has 0 aliphatic rings. The van der Waals surface area contributed by atoms with Gasteiger partial charge in [0.1, 0.15) is 5.75 Å². The summed E-state index contributed by atoms with van der Waals surface area (Å²) in [5.74, 6) is 1.41. The van der Waals surface area contributed by atoms with E-state index in [1.165, 1.54) is 0 Å². The van der Waals surface area contributed by atoms with Crippen LogP contribution in [0, 0.1) is 5.92 Å². The van der Waals surface area contributed by atoms with Crippen molar-refractivity contribution in [1.29, 1.82) is 0 Å². The monoisotopic (exact) mass is 178 g/mol. The Morgan fingerprint density at radius 2 is 1.92 bits per heavy atom. The Morgan fingerprint density at radius 3 is 2.54 bits per heavy atom. The fourth-order valence-electron chi connectivity index (χ4n) is 0.910. The van der Waals surface area contributed by atoms with Gasteiger partial charge in [0.15, 0.2) is 0 Å². The van der Waals surface area contributed by atoms with E-state index in [9.17, 15) is 0 Å². The molecule has 0 spiro atoms. The molecule has 70 valence electrons. The Hall–Kier alpha value is -0.955. The van der Waals surface area contributed by atoms with E-state index in [1.54, 1.807) is 0 Å². The minimum Gasteiger partial charge on any atom is -0.539 e. The summed E-state index contributed by atoms with van der Waals surface area (Å²) < 4.78 is 10.6. The summed E-state index contributed by atoms with van der Waals surface area (Å²) in [7, 11) is 0.336. The smallest absolute Gasteiger partial charge is 0.506 e. The fourth-order valence-corrected chi connectivity index (χ4v) is 0.910. The van der Waals surface area contributed by atoms with Gasteiger partial charge in [-0.25, -0.2) is 0 Å². The van der Waals surface area contributed by atoms with Gasteiger partial charge in [-0.1, -0.05) is 32.0 Å². The molecule has 3 heteroatoms. The SMILES string of the molecule is CC(C)COBOc1ccccc1. The van der Waals surface area contributed by atoms with Crippen molar-refractivity contribution in [2.75, 3.05) is 6.61 Å². The van der Waals surface area contributed by atoms with Crippen LogP contribution in [0.25, 0.3) is 0 Å². The van der Waals surface area contributed by atoms with Crippen LogP contribution in [0.1, 0.15) is 13.8 Å². The highest BCUT2D eigenvalue weighted by Crippen LogP contribution is 2.07. The quantitative estimate of drug-likeness (QED) is 0.507. The highest BCUT2D eigenvalue weighted by atomic mass is 16.6. The maximum Gasteiger partial charge on any atom is 0.506 e. The lowest BCUT2D eigenvalue weighted by Crippen LogP contribution is -2.11. The second-order valence-corrected chi connectivity index (χ2v) is 3.34. The molecule has 0 aliphatic carbocycles. The number of rotatable bonds is 5. The first-order valence-corrected chi connectivity index (χ1v) is 4.54. The van der Waals surface area contributed by atoms with Gasteiger partial charge >= 0.3 is 7.69 Å². The second-order valence-electron chi connectivity index (χ2n) is 3.34. The van der Waals surface area contributed by atoms with E-state index in [2.05, 4.69) is 13.8 Å². The van der Waals surface area contributed by atoms with Crippen molar-refractivity contribution in [1.82, 2.24) is 0 Å². The number of hydrogen-bond donors (Lipinski definition) is 0. The van der Waals surface area contributed by atoms with Crippen molar-refractivity contribution in [2.45, 2.75) is 13.8 Å². The van der Waals surface area contributed by atoms with Crippen molar-refractivity contribution >= 4 is 7.69 Å². The van der Waals surface area contributed by atoms with E-state index in [0.717, 1.165) is 12.4 Å². The molecule has 0 unspecified atom stereocenters. The molecule has 0 atom stereocenters. The Labute approximate surface area is 80.2 Å². The van der Waals surface area contributed by atoms with Crippen LogP contribution in [0.4, 0.5) is 0 Å². The molecule has 0 aliphatic heterocycles. The summed E-state index contributed by atoms with van der Waals surface area (Å²) in [5.41, 5.74) is 0. The fraction of sp³-hybridized carbons (Fsp3) is 0.400. The zero-order valence-electron chi connectivity index (χ0n) is 8.19. The second kappa shape index (κ2) is 5.65. The van der Waals surface area contributed by atoms with Crippen LogP contribution in [0.2, 0.25) is 0 Å². The Morgan fingerprint density at radius 1 is 1.23 bits per heavy atom. The summed E-state index contributed by atoms with van der Waals surface area (Å²) >= 11 is 0. The predicted octanol–water partition coefficient (Wildman–Crippen LogP) is 2.00. The minimum absolute atomic E-state index is 0.336. The average molecular weight is 178 g/mol. The van der Waals surface area contributed by atoms with Gasteiger partial charge in [0.2, 0.25) is 0 Å². The highest BCUT2D eigenvalue weighted by Gasteiger charge is 1.97. The molecule has 0 bridgehead atoms. The molecule has 2 nitrogen and oxygen atoms in total. The van der Waals surface area contributed by atoms with E-state index in [1.807, 2.05) is 30.3 Å². The molecule has 0 saturated heterocycles. The largest absolute Gasteiger partial charge is 0.539 e. The molecular formula is C10H15BO2. The highest BCUT2D eigenvalue weighted by molar-refractivity contribution is 6.19. The first-order valence-electron chi connectivity index (χ1n) is 4.54. The molecule has 13 heavy (non-hydrogen) atoms. The van der Waals surface area contributed by atoms with Crippen LogP contribution >= 0.6 is 0 Å². The molecule has 0 aromatic heterocycles. The zero-order chi connectivity index (χ0) is 9.52. The molecule has 1 aromatic rings. The molecule has 1 aromatic carbocycles. The Bertz CT molecular complexity index is 224. The normalized spacial score (nSPS) is 10.1. The summed E-state index contributed by atoms with van der Waals surface area (Å²) in [4.78, 5) is 0. The first kappa shape index (κ1) is 10.1. The lowest BCUT2D eigenvalue weighted by molar-refractivity contribution is 0.250. The number of benzene rings is 1. The standard InChI is InChI=1S/C10H15BO2/c1-9(2)8-12-11-13-10-6-4-3-5-7-10/h3-7,9,11H,8H2,1-2H3. The van der Waals surface area contributed by atoms with Gasteiger partial charge in [-0.05, 0) is 18.1 Å². The summed E-state index contributed by atoms with van der Waals surface area (Å²) in [6.07, 6.45) is 0. The molecule has 0 heterocycles. The van der Waals surface area contributed by atoms with Crippen molar-refractivity contribution < 1.29 is 9.31 Å². The third kappa shape index (κ3) is 4.58. The number of para-hydroxylation sites is 1. The van der Waals surface area contributed by atoms with Crippen LogP contribution in [0.5, 0.6) is 5.75 Å². The lowest BCUT2D eigenvalue weighted by Gasteiger charge is -2.07. The third-order valence-electron chi connectivity index (χ3n) is 1.50. The van der Waals surface area contributed by atoms with E-state index in [-0.39, 0.29) is 0 Å². The maximum absolute atomic E-state index is 5.33. The van der Waals surface area contributed by atoms with E-state index >= 15 is 0 Å². The van der Waals surface area contributed by atoms with Crippen molar-refractivity contribution in [2.24, 2.45) is 5.92 Å².